The van der Waals surface area contributed by atoms with E-state index < -0.39 is 28.7 Å². The van der Waals surface area contributed by atoms with Crippen LogP contribution in [0.4, 0.5) is 9.18 Å². The molecule has 9 nitrogen and oxygen atoms in total. The number of aromatic nitrogens is 1. The van der Waals surface area contributed by atoms with Gasteiger partial charge in [0.25, 0.3) is 0 Å². The maximum absolute atomic E-state index is 13.9. The highest BCUT2D eigenvalue weighted by Crippen LogP contribution is 2.51. The zero-order chi connectivity index (χ0) is 32.9. The van der Waals surface area contributed by atoms with E-state index in [0.29, 0.717) is 45.3 Å². The topological polar surface area (TPSA) is 116 Å². The molecule has 2 heterocycles. The molecule has 2 aromatic carbocycles. The summed E-state index contributed by atoms with van der Waals surface area (Å²) in [6, 6.07) is 12.8. The van der Waals surface area contributed by atoms with Crippen LogP contribution in [0.3, 0.4) is 0 Å². The molecule has 1 aromatic heterocycles. The first-order valence-electron chi connectivity index (χ1n) is 15.8. The third-order valence-corrected chi connectivity index (χ3v) is 8.70. The Labute approximate surface area is 268 Å². The molecule has 10 heteroatoms. The van der Waals surface area contributed by atoms with Crippen molar-refractivity contribution in [2.24, 2.45) is 5.92 Å². The second-order valence-corrected chi connectivity index (χ2v) is 13.8. The predicted molar refractivity (Wildman–Crippen MR) is 169 cm³/mol. The van der Waals surface area contributed by atoms with Crippen molar-refractivity contribution in [3.05, 3.63) is 71.2 Å². The number of carbonyl (C=O) groups is 2. The summed E-state index contributed by atoms with van der Waals surface area (Å²) in [5, 5.41) is 15.3. The summed E-state index contributed by atoms with van der Waals surface area (Å²) in [6.45, 7) is 7.28. The van der Waals surface area contributed by atoms with Gasteiger partial charge in [0.05, 0.1) is 18.9 Å². The third-order valence-electron chi connectivity index (χ3n) is 8.70. The number of benzene rings is 2. The normalized spacial score (nSPS) is 20.2. The molecule has 0 radical (unpaired) electrons. The lowest BCUT2D eigenvalue weighted by atomic mass is 9.83. The van der Waals surface area contributed by atoms with Gasteiger partial charge in [-0.25, -0.2) is 14.2 Å². The minimum Gasteiger partial charge on any atom is -0.493 e. The summed E-state index contributed by atoms with van der Waals surface area (Å²) in [6.07, 6.45) is 3.34. The van der Waals surface area contributed by atoms with Crippen molar-refractivity contribution in [1.29, 1.82) is 0 Å². The summed E-state index contributed by atoms with van der Waals surface area (Å²) in [7, 11) is 1.54. The number of amides is 1. The molecule has 2 N–H and O–H groups in total. The first-order valence-corrected chi connectivity index (χ1v) is 15.8. The number of hydrogen-bond donors (Lipinski definition) is 2. The Morgan fingerprint density at radius 2 is 1.78 bits per heavy atom. The Morgan fingerprint density at radius 1 is 1.07 bits per heavy atom. The average Bonchev–Trinajstić information content (AvgIpc) is 3.94. The number of methoxy groups -OCH3 is 1. The third kappa shape index (κ3) is 6.67. The number of alkyl carbamates (subject to hydrolysis) is 1. The summed E-state index contributed by atoms with van der Waals surface area (Å²) in [5.74, 6) is 0.890. The van der Waals surface area contributed by atoms with Crippen LogP contribution in [0.25, 0.3) is 11.3 Å². The summed E-state index contributed by atoms with van der Waals surface area (Å²) < 4.78 is 37.0. The molecule has 2 saturated carbocycles. The smallest absolute Gasteiger partial charge is 0.408 e. The van der Waals surface area contributed by atoms with Gasteiger partial charge in [0.15, 0.2) is 23.0 Å². The second kappa shape index (κ2) is 11.9. The number of carbonyl (C=O) groups excluding carboxylic acids is 2. The first-order chi connectivity index (χ1) is 21.8. The molecule has 244 valence electrons. The molecule has 2 atom stereocenters. The number of ether oxygens (including phenoxy) is 4. The van der Waals surface area contributed by atoms with Crippen LogP contribution in [0.1, 0.15) is 87.8 Å². The molecule has 6 rings (SSSR count). The van der Waals surface area contributed by atoms with Crippen LogP contribution in [0.5, 0.6) is 17.2 Å². The summed E-state index contributed by atoms with van der Waals surface area (Å²) in [4.78, 5) is 31.3. The van der Waals surface area contributed by atoms with Gasteiger partial charge >= 0.3 is 6.09 Å². The van der Waals surface area contributed by atoms with E-state index in [1.54, 1.807) is 64.3 Å². The van der Waals surface area contributed by atoms with E-state index in [-0.39, 0.29) is 37.3 Å². The van der Waals surface area contributed by atoms with Crippen molar-refractivity contribution in [3.63, 3.8) is 0 Å². The minimum atomic E-state index is -1.44. The summed E-state index contributed by atoms with van der Waals surface area (Å²) >= 11 is 0. The van der Waals surface area contributed by atoms with E-state index in [9.17, 15) is 19.1 Å². The van der Waals surface area contributed by atoms with Crippen LogP contribution >= 0.6 is 0 Å². The van der Waals surface area contributed by atoms with Crippen molar-refractivity contribution in [3.8, 4) is 28.5 Å². The number of ketones is 1. The van der Waals surface area contributed by atoms with Crippen LogP contribution in [0, 0.1) is 11.7 Å². The molecule has 46 heavy (non-hydrogen) atoms. The van der Waals surface area contributed by atoms with Crippen LogP contribution in [0.2, 0.25) is 0 Å². The lowest BCUT2D eigenvalue weighted by molar-refractivity contribution is -0.00118. The maximum Gasteiger partial charge on any atom is 0.408 e. The van der Waals surface area contributed by atoms with Gasteiger partial charge in [-0.3, -0.25) is 4.79 Å². The second-order valence-electron chi connectivity index (χ2n) is 13.8. The van der Waals surface area contributed by atoms with E-state index >= 15 is 0 Å². The Bertz CT molecular complexity index is 1650. The van der Waals surface area contributed by atoms with Gasteiger partial charge in [-0.1, -0.05) is 0 Å². The quantitative estimate of drug-likeness (QED) is 0.221. The minimum absolute atomic E-state index is 0.0631. The average molecular weight is 633 g/mol. The van der Waals surface area contributed by atoms with Gasteiger partial charge in [-0.2, -0.15) is 0 Å². The monoisotopic (exact) mass is 632 g/mol. The van der Waals surface area contributed by atoms with Gasteiger partial charge in [0.1, 0.15) is 34.9 Å². The number of nitrogens with zero attached hydrogens (tertiary/aromatic N) is 1. The molecule has 2 aliphatic carbocycles. The molecule has 1 amide bonds. The molecule has 1 aliphatic heterocycles. The maximum atomic E-state index is 13.9. The van der Waals surface area contributed by atoms with Crippen molar-refractivity contribution < 1.29 is 38.0 Å². The van der Waals surface area contributed by atoms with E-state index in [0.717, 1.165) is 25.7 Å². The SMILES string of the molecule is COc1cc(C(=O)CC[C@](O)(c2cc3c(c(-c4ccc(F)cc4)n2)OC[C@]3(C)NC(=O)OC(C)(C)C)C2CC2)ccc1OC1CC1. The number of nitrogens with one attached hydrogen (secondary N) is 1. The Morgan fingerprint density at radius 3 is 2.41 bits per heavy atom. The number of Topliss-reactive ketones (excluding diaryl/α,β-unsaturated/α-hetero) is 1. The van der Waals surface area contributed by atoms with Crippen LogP contribution in [-0.4, -0.2) is 47.4 Å². The van der Waals surface area contributed by atoms with Crippen molar-refractivity contribution in [2.75, 3.05) is 13.7 Å². The Balaban J connectivity index is 1.33. The fourth-order valence-electron chi connectivity index (χ4n) is 5.90. The first kappa shape index (κ1) is 31.8. The van der Waals surface area contributed by atoms with E-state index in [2.05, 4.69) is 5.32 Å². The molecule has 2 fully saturated rings. The molecule has 3 aliphatic rings. The zero-order valence-corrected chi connectivity index (χ0v) is 26.9. The van der Waals surface area contributed by atoms with Crippen LogP contribution in [-0.2, 0) is 15.9 Å². The fraction of sp³-hybridized carbons (Fsp3) is 0.472. The largest absolute Gasteiger partial charge is 0.493 e. The van der Waals surface area contributed by atoms with E-state index in [1.165, 1.54) is 12.1 Å². The molecular formula is C36H41FN2O7. The van der Waals surface area contributed by atoms with Gasteiger partial charge in [0, 0.05) is 23.1 Å². The number of aliphatic hydroxyl groups is 1. The van der Waals surface area contributed by atoms with Crippen molar-refractivity contribution >= 4 is 11.9 Å². The van der Waals surface area contributed by atoms with Crippen LogP contribution in [0.15, 0.2) is 48.5 Å². The lowest BCUT2D eigenvalue weighted by Crippen LogP contribution is -2.47. The number of rotatable bonds is 11. The van der Waals surface area contributed by atoms with Crippen molar-refractivity contribution in [2.45, 2.75) is 89.1 Å². The Hall–Kier alpha value is -4.18. The molecule has 0 bridgehead atoms. The van der Waals surface area contributed by atoms with Gasteiger partial charge in [-0.15, -0.1) is 0 Å². The van der Waals surface area contributed by atoms with Crippen molar-refractivity contribution in [1.82, 2.24) is 10.3 Å². The molecule has 0 saturated heterocycles. The number of hydrogen-bond acceptors (Lipinski definition) is 8. The van der Waals surface area contributed by atoms with E-state index in [4.69, 9.17) is 23.9 Å². The van der Waals surface area contributed by atoms with Gasteiger partial charge in [0.2, 0.25) is 0 Å². The highest BCUT2D eigenvalue weighted by atomic mass is 19.1. The van der Waals surface area contributed by atoms with Gasteiger partial charge in [-0.05, 0) is 114 Å². The highest BCUT2D eigenvalue weighted by molar-refractivity contribution is 5.96. The molecule has 0 spiro atoms. The molecular weight excluding hydrogens is 591 g/mol. The Kier molecular flexibility index (Phi) is 8.21. The standard InChI is InChI=1S/C36H41FN2O7/c1-34(2,3)46-33(41)39-35(4)20-44-32-26(35)19-30(38-31(32)21-6-11-24(37)12-7-21)36(42,23-9-10-23)17-16-27(40)22-8-15-28(29(18-22)43-5)45-25-13-14-25/h6-8,11-12,15,18-19,23,25,42H,9-10,13-14,16-17,20H2,1-5H3,(H,39,41)/t35-,36+/m0/s1. The van der Waals surface area contributed by atoms with Gasteiger partial charge < -0.3 is 29.4 Å². The number of halogens is 1. The fourth-order valence-corrected chi connectivity index (χ4v) is 5.90. The highest BCUT2D eigenvalue weighted by Gasteiger charge is 2.49. The summed E-state index contributed by atoms with van der Waals surface area (Å²) in [5.41, 5.74) is -0.690. The predicted octanol–water partition coefficient (Wildman–Crippen LogP) is 6.83. The number of pyridine rings is 1. The zero-order valence-electron chi connectivity index (χ0n) is 26.9. The molecule has 3 aromatic rings. The van der Waals surface area contributed by atoms with Crippen LogP contribution < -0.4 is 19.5 Å². The molecule has 0 unspecified atom stereocenters. The number of fused-ring (bicyclic) bond motifs is 1. The van der Waals surface area contributed by atoms with E-state index in [1.807, 2.05) is 6.92 Å². The lowest BCUT2D eigenvalue weighted by Gasteiger charge is -2.31.